The Bertz CT molecular complexity index is 732. The first-order chi connectivity index (χ1) is 11.5. The topological polar surface area (TPSA) is 62.4 Å². The van der Waals surface area contributed by atoms with E-state index < -0.39 is 5.97 Å². The summed E-state index contributed by atoms with van der Waals surface area (Å²) in [5, 5.41) is 1.98. The number of H-pyrrole nitrogens is 1. The minimum Gasteiger partial charge on any atom is -0.462 e. The minimum atomic E-state index is -0.406. The molecule has 128 valence electrons. The van der Waals surface area contributed by atoms with Crippen LogP contribution in [-0.2, 0) is 11.3 Å². The van der Waals surface area contributed by atoms with E-state index in [0.29, 0.717) is 42.2 Å². The smallest absolute Gasteiger partial charge is 0.340 e. The lowest BCUT2D eigenvalue weighted by molar-refractivity contribution is 0.0525. The van der Waals surface area contributed by atoms with Gasteiger partial charge in [0.15, 0.2) is 0 Å². The average molecular weight is 346 g/mol. The summed E-state index contributed by atoms with van der Waals surface area (Å²) >= 11 is 1.60. The molecule has 0 fully saturated rings. The summed E-state index contributed by atoms with van der Waals surface area (Å²) in [4.78, 5) is 30.9. The van der Waals surface area contributed by atoms with Crippen LogP contribution in [0.2, 0.25) is 0 Å². The van der Waals surface area contributed by atoms with Crippen LogP contribution in [0.5, 0.6) is 0 Å². The Kier molecular flexibility index (Phi) is 5.98. The molecule has 0 radical (unpaired) electrons. The fourth-order valence-corrected chi connectivity index (χ4v) is 3.32. The van der Waals surface area contributed by atoms with E-state index in [-0.39, 0.29) is 5.91 Å². The highest BCUT2D eigenvalue weighted by atomic mass is 32.1. The average Bonchev–Trinajstić information content (AvgIpc) is 3.14. The number of thiophene rings is 1. The third kappa shape index (κ3) is 3.76. The highest BCUT2D eigenvalue weighted by molar-refractivity contribution is 7.09. The van der Waals surface area contributed by atoms with Gasteiger partial charge in [0.25, 0.3) is 5.91 Å². The first kappa shape index (κ1) is 18.0. The van der Waals surface area contributed by atoms with Crippen molar-refractivity contribution in [3.05, 3.63) is 57.6 Å². The maximum Gasteiger partial charge on any atom is 0.340 e. The van der Waals surface area contributed by atoms with Crippen LogP contribution in [0.15, 0.2) is 30.2 Å². The lowest BCUT2D eigenvalue weighted by Gasteiger charge is -2.20. The number of aryl methyl sites for hydroxylation is 1. The number of carbonyl (C=O) groups excluding carboxylic acids is 2. The van der Waals surface area contributed by atoms with E-state index >= 15 is 0 Å². The van der Waals surface area contributed by atoms with Gasteiger partial charge in [-0.15, -0.1) is 17.9 Å². The molecule has 0 atom stereocenters. The van der Waals surface area contributed by atoms with Crippen molar-refractivity contribution in [3.8, 4) is 0 Å². The van der Waals surface area contributed by atoms with Crippen LogP contribution in [0.3, 0.4) is 0 Å². The fraction of sp³-hybridized carbons (Fsp3) is 0.333. The quantitative estimate of drug-likeness (QED) is 0.614. The highest BCUT2D eigenvalue weighted by Gasteiger charge is 2.25. The zero-order valence-corrected chi connectivity index (χ0v) is 15.0. The van der Waals surface area contributed by atoms with Gasteiger partial charge in [0.2, 0.25) is 0 Å². The normalized spacial score (nSPS) is 10.5. The summed E-state index contributed by atoms with van der Waals surface area (Å²) in [7, 11) is 0. The summed E-state index contributed by atoms with van der Waals surface area (Å²) in [6.07, 6.45) is 1.70. The number of aromatic amines is 1. The maximum absolute atomic E-state index is 12.9. The van der Waals surface area contributed by atoms with Crippen molar-refractivity contribution in [2.24, 2.45) is 0 Å². The summed E-state index contributed by atoms with van der Waals surface area (Å²) in [5.74, 6) is -0.559. The molecule has 2 heterocycles. The first-order valence-corrected chi connectivity index (χ1v) is 8.66. The number of nitrogens with one attached hydrogen (secondary N) is 1. The Morgan fingerprint density at radius 3 is 2.75 bits per heavy atom. The monoisotopic (exact) mass is 346 g/mol. The van der Waals surface area contributed by atoms with Gasteiger partial charge >= 0.3 is 5.97 Å². The van der Waals surface area contributed by atoms with E-state index in [9.17, 15) is 9.59 Å². The van der Waals surface area contributed by atoms with Crippen LogP contribution in [0.1, 0.15) is 43.9 Å². The Morgan fingerprint density at radius 2 is 2.17 bits per heavy atom. The van der Waals surface area contributed by atoms with E-state index in [0.717, 1.165) is 4.88 Å². The second kappa shape index (κ2) is 7.97. The summed E-state index contributed by atoms with van der Waals surface area (Å²) in [5.41, 5.74) is 2.13. The molecule has 0 unspecified atom stereocenters. The van der Waals surface area contributed by atoms with Crippen molar-refractivity contribution in [3.63, 3.8) is 0 Å². The SMILES string of the molecule is C=CCN(Cc1cccs1)C(=O)c1[nH]c(C)c(C(=O)OCC)c1C. The second-order valence-electron chi connectivity index (χ2n) is 5.40. The number of amides is 1. The Morgan fingerprint density at radius 1 is 1.42 bits per heavy atom. The Hall–Kier alpha value is -2.34. The van der Waals surface area contributed by atoms with Crippen molar-refractivity contribution in [1.82, 2.24) is 9.88 Å². The molecule has 24 heavy (non-hydrogen) atoms. The van der Waals surface area contributed by atoms with Crippen molar-refractivity contribution in [2.75, 3.05) is 13.2 Å². The predicted octanol–water partition coefficient (Wildman–Crippen LogP) is 3.70. The zero-order chi connectivity index (χ0) is 17.7. The van der Waals surface area contributed by atoms with E-state index in [4.69, 9.17) is 4.74 Å². The van der Waals surface area contributed by atoms with Crippen LogP contribution in [0, 0.1) is 13.8 Å². The van der Waals surface area contributed by atoms with Crippen LogP contribution >= 0.6 is 11.3 Å². The molecule has 0 saturated carbocycles. The van der Waals surface area contributed by atoms with Crippen molar-refractivity contribution in [1.29, 1.82) is 0 Å². The van der Waals surface area contributed by atoms with Gasteiger partial charge in [0.05, 0.1) is 18.7 Å². The van der Waals surface area contributed by atoms with Crippen molar-refractivity contribution >= 4 is 23.2 Å². The van der Waals surface area contributed by atoms with Gasteiger partial charge < -0.3 is 14.6 Å². The molecule has 2 aromatic heterocycles. The number of hydrogen-bond donors (Lipinski definition) is 1. The molecule has 0 spiro atoms. The lowest BCUT2D eigenvalue weighted by atomic mass is 10.1. The third-order valence-corrected chi connectivity index (χ3v) is 4.56. The molecular formula is C18H22N2O3S. The standard InChI is InChI=1S/C18H22N2O3S/c1-5-9-20(11-14-8-7-10-24-14)17(21)16-12(3)15(13(4)19-16)18(22)23-6-2/h5,7-8,10,19H,1,6,9,11H2,2-4H3. The van der Waals surface area contributed by atoms with Crippen LogP contribution in [0.4, 0.5) is 0 Å². The number of ether oxygens (including phenoxy) is 1. The van der Waals surface area contributed by atoms with Crippen LogP contribution in [-0.4, -0.2) is 34.9 Å². The molecule has 2 aromatic rings. The van der Waals surface area contributed by atoms with Gasteiger partial charge in [-0.3, -0.25) is 4.79 Å². The zero-order valence-electron chi connectivity index (χ0n) is 14.2. The second-order valence-corrected chi connectivity index (χ2v) is 6.43. The van der Waals surface area contributed by atoms with Crippen molar-refractivity contribution in [2.45, 2.75) is 27.3 Å². The fourth-order valence-electron chi connectivity index (χ4n) is 2.60. The van der Waals surface area contributed by atoms with Gasteiger partial charge in [-0.1, -0.05) is 12.1 Å². The van der Waals surface area contributed by atoms with E-state index in [1.807, 2.05) is 17.5 Å². The van der Waals surface area contributed by atoms with E-state index in [2.05, 4.69) is 11.6 Å². The third-order valence-electron chi connectivity index (χ3n) is 3.69. The number of esters is 1. The molecule has 0 aromatic carbocycles. The maximum atomic E-state index is 12.9. The van der Waals surface area contributed by atoms with Crippen LogP contribution in [0.25, 0.3) is 0 Å². The van der Waals surface area contributed by atoms with Gasteiger partial charge in [-0.25, -0.2) is 4.79 Å². The molecule has 0 saturated heterocycles. The Balaban J connectivity index is 2.31. The molecule has 6 heteroatoms. The molecule has 1 N–H and O–H groups in total. The van der Waals surface area contributed by atoms with Gasteiger partial charge in [0.1, 0.15) is 5.69 Å². The largest absolute Gasteiger partial charge is 0.462 e. The summed E-state index contributed by atoms with van der Waals surface area (Å²) in [6, 6.07) is 3.95. The molecule has 0 aliphatic carbocycles. The number of aromatic nitrogens is 1. The highest BCUT2D eigenvalue weighted by Crippen LogP contribution is 2.22. The molecule has 0 bridgehead atoms. The number of carbonyl (C=O) groups is 2. The minimum absolute atomic E-state index is 0.153. The number of nitrogens with zero attached hydrogens (tertiary/aromatic N) is 1. The lowest BCUT2D eigenvalue weighted by Crippen LogP contribution is -2.31. The number of hydrogen-bond acceptors (Lipinski definition) is 4. The number of rotatable bonds is 7. The molecule has 2 rings (SSSR count). The summed E-state index contributed by atoms with van der Waals surface area (Å²) < 4.78 is 5.08. The van der Waals surface area contributed by atoms with Crippen molar-refractivity contribution < 1.29 is 14.3 Å². The van der Waals surface area contributed by atoms with Gasteiger partial charge in [-0.05, 0) is 37.8 Å². The molecule has 0 aliphatic heterocycles. The molecule has 1 amide bonds. The molecule has 0 aliphatic rings. The van der Waals surface area contributed by atoms with E-state index in [1.165, 1.54) is 0 Å². The molecule has 5 nitrogen and oxygen atoms in total. The Labute approximate surface area is 145 Å². The molecular weight excluding hydrogens is 324 g/mol. The predicted molar refractivity (Wildman–Crippen MR) is 95.5 cm³/mol. The van der Waals surface area contributed by atoms with Crippen LogP contribution < -0.4 is 0 Å². The van der Waals surface area contributed by atoms with E-state index in [1.54, 1.807) is 43.1 Å². The first-order valence-electron chi connectivity index (χ1n) is 7.78. The summed E-state index contributed by atoms with van der Waals surface area (Å²) in [6.45, 7) is 10.3. The van der Waals surface area contributed by atoms with Gasteiger partial charge in [0, 0.05) is 17.1 Å². The van der Waals surface area contributed by atoms with Gasteiger partial charge in [-0.2, -0.15) is 0 Å².